The zero-order valence-corrected chi connectivity index (χ0v) is 18.7. The summed E-state index contributed by atoms with van der Waals surface area (Å²) in [5, 5.41) is 8.98. The number of rotatable bonds is 12. The Kier molecular flexibility index (Phi) is 9.75. The number of hydrogen-bond donors (Lipinski definition) is 1. The average Bonchev–Trinajstić information content (AvgIpc) is 2.70. The molecular weight excluding hydrogens is 380 g/mol. The van der Waals surface area contributed by atoms with Crippen LogP contribution in [0.15, 0.2) is 54.6 Å². The van der Waals surface area contributed by atoms with Gasteiger partial charge in [0.05, 0.1) is 12.5 Å². The summed E-state index contributed by atoms with van der Waals surface area (Å²) in [5.41, 5.74) is 3.38. The summed E-state index contributed by atoms with van der Waals surface area (Å²) >= 11 is 1.79. The van der Waals surface area contributed by atoms with Crippen molar-refractivity contribution in [3.63, 3.8) is 0 Å². The highest BCUT2D eigenvalue weighted by atomic mass is 32.2. The van der Waals surface area contributed by atoms with E-state index in [9.17, 15) is 4.79 Å². The van der Waals surface area contributed by atoms with Crippen LogP contribution in [-0.2, 0) is 16.1 Å². The fourth-order valence-corrected chi connectivity index (χ4v) is 4.38. The fourth-order valence-electron chi connectivity index (χ4n) is 3.41. The number of aliphatic hydroxyl groups excluding tert-OH is 1. The van der Waals surface area contributed by atoms with Crippen LogP contribution < -0.4 is 0 Å². The highest BCUT2D eigenvalue weighted by molar-refractivity contribution is 7.99. The molecule has 0 heterocycles. The third kappa shape index (κ3) is 8.63. The first-order valence-corrected chi connectivity index (χ1v) is 11.5. The van der Waals surface area contributed by atoms with Gasteiger partial charge >= 0.3 is 5.97 Å². The number of carbonyl (C=O) groups excluding carboxylic acids is 1. The highest BCUT2D eigenvalue weighted by Gasteiger charge is 2.24. The Morgan fingerprint density at radius 3 is 2.59 bits per heavy atom. The summed E-state index contributed by atoms with van der Waals surface area (Å²) < 4.78 is 5.68. The summed E-state index contributed by atoms with van der Waals surface area (Å²) in [5.74, 6) is 1.41. The molecule has 0 fully saturated rings. The topological polar surface area (TPSA) is 46.5 Å². The van der Waals surface area contributed by atoms with Crippen molar-refractivity contribution in [3.8, 4) is 0 Å². The van der Waals surface area contributed by atoms with Crippen LogP contribution in [0.1, 0.15) is 55.7 Å². The van der Waals surface area contributed by atoms with E-state index < -0.39 is 0 Å². The lowest BCUT2D eigenvalue weighted by Crippen LogP contribution is -2.19. The number of thioether (sulfide) groups is 1. The third-order valence-corrected chi connectivity index (χ3v) is 6.48. The Balaban J connectivity index is 1.98. The number of esters is 1. The van der Waals surface area contributed by atoms with Gasteiger partial charge in [0.25, 0.3) is 0 Å². The molecule has 0 bridgehead atoms. The molecule has 0 aliphatic heterocycles. The summed E-state index contributed by atoms with van der Waals surface area (Å²) in [7, 11) is 0. The van der Waals surface area contributed by atoms with Crippen molar-refractivity contribution in [1.29, 1.82) is 0 Å². The van der Waals surface area contributed by atoms with Gasteiger partial charge in [0.2, 0.25) is 0 Å². The van der Waals surface area contributed by atoms with E-state index in [1.807, 2.05) is 42.5 Å². The van der Waals surface area contributed by atoms with Crippen molar-refractivity contribution in [2.45, 2.75) is 52.6 Å². The highest BCUT2D eigenvalue weighted by Crippen LogP contribution is 2.31. The first-order chi connectivity index (χ1) is 13.9. The standard InChI is InChI=1S/C25H34O3S/c1-20-9-7-12-22(17-20)23(13-8-14-25(2,3)19-29-16-15-26)24(27)28-18-21-10-5-4-6-11-21/h4-7,9-12,17,23,26H,8,13-16,18-19H2,1-3H3. The van der Waals surface area contributed by atoms with Gasteiger partial charge < -0.3 is 9.84 Å². The molecule has 0 saturated carbocycles. The number of hydrogen-bond acceptors (Lipinski definition) is 4. The molecule has 4 heteroatoms. The van der Waals surface area contributed by atoms with E-state index >= 15 is 0 Å². The third-order valence-electron chi connectivity index (χ3n) is 5.03. The van der Waals surface area contributed by atoms with E-state index in [1.54, 1.807) is 11.8 Å². The summed E-state index contributed by atoms with van der Waals surface area (Å²) in [6.07, 6.45) is 2.79. The second kappa shape index (κ2) is 12.0. The number of benzene rings is 2. The molecule has 2 rings (SSSR count). The van der Waals surface area contributed by atoms with Crippen molar-refractivity contribution >= 4 is 17.7 Å². The van der Waals surface area contributed by atoms with Gasteiger partial charge in [-0.3, -0.25) is 4.79 Å². The molecule has 1 atom stereocenters. The minimum absolute atomic E-state index is 0.146. The summed E-state index contributed by atoms with van der Waals surface area (Å²) in [6, 6.07) is 18.0. The Hall–Kier alpha value is -1.78. The number of ether oxygens (including phenoxy) is 1. The summed E-state index contributed by atoms with van der Waals surface area (Å²) in [4.78, 5) is 12.9. The van der Waals surface area contributed by atoms with Crippen molar-refractivity contribution in [2.75, 3.05) is 18.1 Å². The lowest BCUT2D eigenvalue weighted by atomic mass is 9.85. The fraction of sp³-hybridized carbons (Fsp3) is 0.480. The number of aliphatic hydroxyl groups is 1. The molecule has 0 radical (unpaired) electrons. The van der Waals surface area contributed by atoms with Gasteiger partial charge in [-0.25, -0.2) is 0 Å². The minimum atomic E-state index is -0.237. The Labute approximate surface area is 179 Å². The first-order valence-electron chi connectivity index (χ1n) is 10.4. The monoisotopic (exact) mass is 414 g/mol. The van der Waals surface area contributed by atoms with Crippen molar-refractivity contribution in [1.82, 2.24) is 0 Å². The maximum Gasteiger partial charge on any atom is 0.313 e. The second-order valence-corrected chi connectivity index (χ2v) is 9.50. The first kappa shape index (κ1) is 23.5. The van der Waals surface area contributed by atoms with Gasteiger partial charge in [0, 0.05) is 5.75 Å². The zero-order valence-electron chi connectivity index (χ0n) is 17.9. The van der Waals surface area contributed by atoms with Gasteiger partial charge in [-0.05, 0) is 42.1 Å². The van der Waals surface area contributed by atoms with Crippen molar-refractivity contribution in [2.24, 2.45) is 5.41 Å². The molecule has 2 aromatic carbocycles. The molecule has 1 unspecified atom stereocenters. The van der Waals surface area contributed by atoms with E-state index in [0.29, 0.717) is 6.61 Å². The van der Waals surface area contributed by atoms with Crippen LogP contribution in [0.3, 0.4) is 0 Å². The van der Waals surface area contributed by atoms with Crippen LogP contribution in [0, 0.1) is 12.3 Å². The molecule has 1 N–H and O–H groups in total. The predicted molar refractivity (Wildman–Crippen MR) is 122 cm³/mol. The lowest BCUT2D eigenvalue weighted by Gasteiger charge is -2.25. The SMILES string of the molecule is Cc1cccc(C(CCCC(C)(C)CSCCO)C(=O)OCc2ccccc2)c1. The molecule has 0 aromatic heterocycles. The van der Waals surface area contributed by atoms with Crippen LogP contribution >= 0.6 is 11.8 Å². The smallest absolute Gasteiger partial charge is 0.313 e. The quantitative estimate of drug-likeness (QED) is 0.355. The molecule has 3 nitrogen and oxygen atoms in total. The number of carbonyl (C=O) groups is 1. The largest absolute Gasteiger partial charge is 0.460 e. The van der Waals surface area contributed by atoms with E-state index in [1.165, 1.54) is 0 Å². The lowest BCUT2D eigenvalue weighted by molar-refractivity contribution is -0.147. The predicted octanol–water partition coefficient (Wildman–Crippen LogP) is 5.74. The van der Waals surface area contributed by atoms with Crippen LogP contribution in [0.5, 0.6) is 0 Å². The minimum Gasteiger partial charge on any atom is -0.460 e. The molecule has 0 aliphatic carbocycles. The molecule has 158 valence electrons. The van der Waals surface area contributed by atoms with Crippen LogP contribution in [0.2, 0.25) is 0 Å². The molecule has 0 spiro atoms. The normalized spacial score (nSPS) is 12.6. The molecule has 2 aromatic rings. The van der Waals surface area contributed by atoms with Gasteiger partial charge in [0.15, 0.2) is 0 Å². The van der Waals surface area contributed by atoms with Gasteiger partial charge in [0.1, 0.15) is 6.61 Å². The van der Waals surface area contributed by atoms with Gasteiger partial charge in [-0.15, -0.1) is 0 Å². The molecular formula is C25H34O3S. The zero-order chi connectivity index (χ0) is 21.1. The molecule has 29 heavy (non-hydrogen) atoms. The molecule has 0 aliphatic rings. The maximum atomic E-state index is 12.9. The van der Waals surface area contributed by atoms with E-state index in [2.05, 4.69) is 32.9 Å². The van der Waals surface area contributed by atoms with Crippen molar-refractivity contribution in [3.05, 3.63) is 71.3 Å². The van der Waals surface area contributed by atoms with E-state index in [4.69, 9.17) is 9.84 Å². The average molecular weight is 415 g/mol. The Morgan fingerprint density at radius 2 is 1.90 bits per heavy atom. The van der Waals surface area contributed by atoms with Crippen LogP contribution in [0.25, 0.3) is 0 Å². The molecule has 0 saturated heterocycles. The second-order valence-electron chi connectivity index (χ2n) is 8.39. The maximum absolute atomic E-state index is 12.9. The Morgan fingerprint density at radius 1 is 1.14 bits per heavy atom. The summed E-state index contributed by atoms with van der Waals surface area (Å²) in [6.45, 7) is 7.10. The van der Waals surface area contributed by atoms with Gasteiger partial charge in [-0.1, -0.05) is 80.4 Å². The van der Waals surface area contributed by atoms with Crippen LogP contribution in [0.4, 0.5) is 0 Å². The number of aryl methyl sites for hydroxylation is 1. The van der Waals surface area contributed by atoms with Crippen LogP contribution in [-0.4, -0.2) is 29.2 Å². The Bertz CT molecular complexity index is 743. The van der Waals surface area contributed by atoms with E-state index in [-0.39, 0.29) is 23.9 Å². The van der Waals surface area contributed by atoms with Gasteiger partial charge in [-0.2, -0.15) is 11.8 Å². The van der Waals surface area contributed by atoms with E-state index in [0.717, 1.165) is 47.5 Å². The van der Waals surface area contributed by atoms with Crippen molar-refractivity contribution < 1.29 is 14.6 Å². The molecule has 0 amide bonds.